The number of carbonyl (C=O) groups is 2. The molecule has 0 fully saturated rings. The minimum atomic E-state index is -3.72. The van der Waals surface area contributed by atoms with Crippen LogP contribution in [0.4, 0.5) is 5.69 Å². The van der Waals surface area contributed by atoms with Gasteiger partial charge in [-0.2, -0.15) is 0 Å². The Labute approximate surface area is 191 Å². The number of hydrogen-bond donors (Lipinski definition) is 1. The summed E-state index contributed by atoms with van der Waals surface area (Å²) in [5, 5.41) is 2.82. The molecule has 8 heteroatoms. The number of para-hydroxylation sites is 1. The largest absolute Gasteiger partial charge is 0.354 e. The molecular weight excluding hydrogens is 426 g/mol. The summed E-state index contributed by atoms with van der Waals surface area (Å²) in [4.78, 5) is 27.5. The zero-order valence-corrected chi connectivity index (χ0v) is 20.3. The van der Waals surface area contributed by atoms with Gasteiger partial charge >= 0.3 is 0 Å². The van der Waals surface area contributed by atoms with Crippen LogP contribution in [-0.4, -0.2) is 50.5 Å². The fourth-order valence-electron chi connectivity index (χ4n) is 3.42. The van der Waals surface area contributed by atoms with Crippen molar-refractivity contribution >= 4 is 27.5 Å². The molecule has 0 bridgehead atoms. The van der Waals surface area contributed by atoms with E-state index >= 15 is 0 Å². The number of hydrogen-bond acceptors (Lipinski definition) is 4. The Morgan fingerprint density at radius 3 is 2.34 bits per heavy atom. The molecule has 1 unspecified atom stereocenters. The van der Waals surface area contributed by atoms with Gasteiger partial charge in [0.25, 0.3) is 0 Å². The number of anilines is 1. The second kappa shape index (κ2) is 11.1. The van der Waals surface area contributed by atoms with E-state index in [2.05, 4.69) is 5.32 Å². The number of rotatable bonds is 10. The van der Waals surface area contributed by atoms with Crippen LogP contribution < -0.4 is 9.62 Å². The third-order valence-electron chi connectivity index (χ3n) is 5.22. The number of carbonyl (C=O) groups excluding carboxylic acids is 2. The molecule has 0 saturated carbocycles. The second-order valence-corrected chi connectivity index (χ2v) is 9.94. The van der Waals surface area contributed by atoms with Crippen LogP contribution in [0.25, 0.3) is 0 Å². The quantitative estimate of drug-likeness (QED) is 0.592. The lowest BCUT2D eigenvalue weighted by Crippen LogP contribution is -2.51. The van der Waals surface area contributed by atoms with Gasteiger partial charge in [0.05, 0.1) is 11.9 Å². The molecule has 2 amide bonds. The highest BCUT2D eigenvalue weighted by Crippen LogP contribution is 2.23. The van der Waals surface area contributed by atoms with Crippen LogP contribution in [0.2, 0.25) is 0 Å². The SMILES string of the molecule is CCCNC(=O)C(C)N(Cc1cccc(C)c1)C(=O)CN(c1ccccc1C)S(C)(=O)=O. The molecule has 0 saturated heterocycles. The maximum absolute atomic E-state index is 13.4. The van der Waals surface area contributed by atoms with Gasteiger partial charge in [-0.1, -0.05) is 55.0 Å². The molecule has 0 aliphatic heterocycles. The molecule has 0 aromatic heterocycles. The summed E-state index contributed by atoms with van der Waals surface area (Å²) in [7, 11) is -3.72. The van der Waals surface area contributed by atoms with Gasteiger partial charge in [0.1, 0.15) is 12.6 Å². The van der Waals surface area contributed by atoms with Gasteiger partial charge in [0.2, 0.25) is 21.8 Å². The smallest absolute Gasteiger partial charge is 0.244 e. The van der Waals surface area contributed by atoms with Crippen molar-refractivity contribution in [1.29, 1.82) is 0 Å². The minimum absolute atomic E-state index is 0.201. The van der Waals surface area contributed by atoms with Crippen molar-refractivity contribution in [1.82, 2.24) is 10.2 Å². The summed E-state index contributed by atoms with van der Waals surface area (Å²) < 4.78 is 26.2. The maximum Gasteiger partial charge on any atom is 0.244 e. The highest BCUT2D eigenvalue weighted by atomic mass is 32.2. The standard InChI is InChI=1S/C24H33N3O4S/c1-6-14-25-24(29)20(4)26(16-21-12-9-10-18(2)15-21)23(28)17-27(32(5,30)31)22-13-8-7-11-19(22)3/h7-13,15,20H,6,14,16-17H2,1-5H3,(H,25,29). The lowest BCUT2D eigenvalue weighted by Gasteiger charge is -2.32. The first kappa shape index (κ1) is 25.4. The third-order valence-corrected chi connectivity index (χ3v) is 6.34. The third kappa shape index (κ3) is 6.82. The number of nitrogens with zero attached hydrogens (tertiary/aromatic N) is 2. The summed E-state index contributed by atoms with van der Waals surface area (Å²) in [6.07, 6.45) is 1.86. The Bertz CT molecular complexity index is 1050. The fourth-order valence-corrected chi connectivity index (χ4v) is 4.33. The first-order chi connectivity index (χ1) is 15.0. The van der Waals surface area contributed by atoms with Crippen LogP contribution in [0.3, 0.4) is 0 Å². The van der Waals surface area contributed by atoms with Gasteiger partial charge in [-0.15, -0.1) is 0 Å². The van der Waals surface area contributed by atoms with Gasteiger partial charge in [-0.05, 0) is 44.4 Å². The predicted molar refractivity (Wildman–Crippen MR) is 128 cm³/mol. The summed E-state index contributed by atoms with van der Waals surface area (Å²) in [5.74, 6) is -0.714. The van der Waals surface area contributed by atoms with Crippen LogP contribution in [-0.2, 0) is 26.2 Å². The Morgan fingerprint density at radius 1 is 1.06 bits per heavy atom. The molecule has 1 N–H and O–H groups in total. The molecule has 0 radical (unpaired) electrons. The predicted octanol–water partition coefficient (Wildman–Crippen LogP) is 3.01. The molecule has 0 spiro atoms. The average Bonchev–Trinajstić information content (AvgIpc) is 2.73. The van der Waals surface area contributed by atoms with Gasteiger partial charge in [-0.3, -0.25) is 13.9 Å². The Kier molecular flexibility index (Phi) is 8.83. The van der Waals surface area contributed by atoms with E-state index < -0.39 is 22.0 Å². The number of sulfonamides is 1. The Balaban J connectivity index is 2.38. The van der Waals surface area contributed by atoms with E-state index in [1.165, 1.54) is 4.90 Å². The van der Waals surface area contributed by atoms with Crippen LogP contribution in [0, 0.1) is 13.8 Å². The first-order valence-electron chi connectivity index (χ1n) is 10.7. The molecule has 2 aromatic rings. The van der Waals surface area contributed by atoms with E-state index in [1.54, 1.807) is 32.0 Å². The van der Waals surface area contributed by atoms with E-state index in [0.29, 0.717) is 12.2 Å². The molecular formula is C24H33N3O4S. The summed E-state index contributed by atoms with van der Waals surface area (Å²) in [6, 6.07) is 13.9. The lowest BCUT2D eigenvalue weighted by molar-refractivity contribution is -0.139. The maximum atomic E-state index is 13.4. The zero-order chi connectivity index (χ0) is 23.9. The average molecular weight is 460 g/mol. The molecule has 2 rings (SSSR count). The van der Waals surface area contributed by atoms with Crippen LogP contribution in [0.5, 0.6) is 0 Å². The van der Waals surface area contributed by atoms with Gasteiger partial charge in [0, 0.05) is 13.1 Å². The second-order valence-electron chi connectivity index (χ2n) is 8.03. The van der Waals surface area contributed by atoms with Gasteiger partial charge in [0.15, 0.2) is 0 Å². The van der Waals surface area contributed by atoms with E-state index in [0.717, 1.165) is 33.7 Å². The molecule has 32 heavy (non-hydrogen) atoms. The molecule has 2 aromatic carbocycles. The highest BCUT2D eigenvalue weighted by molar-refractivity contribution is 7.92. The summed E-state index contributed by atoms with van der Waals surface area (Å²) in [6.45, 7) is 7.69. The topological polar surface area (TPSA) is 86.8 Å². The molecule has 1 atom stereocenters. The van der Waals surface area contributed by atoms with Crippen molar-refractivity contribution < 1.29 is 18.0 Å². The number of aryl methyl sites for hydroxylation is 2. The van der Waals surface area contributed by atoms with E-state index in [4.69, 9.17) is 0 Å². The fraction of sp³-hybridized carbons (Fsp3) is 0.417. The highest BCUT2D eigenvalue weighted by Gasteiger charge is 2.30. The first-order valence-corrected chi connectivity index (χ1v) is 12.6. The van der Waals surface area contributed by atoms with E-state index in [1.807, 2.05) is 44.2 Å². The van der Waals surface area contributed by atoms with Gasteiger partial charge in [-0.25, -0.2) is 8.42 Å². The van der Waals surface area contributed by atoms with E-state index in [-0.39, 0.29) is 19.0 Å². The van der Waals surface area contributed by atoms with Crippen LogP contribution in [0.1, 0.15) is 37.0 Å². The van der Waals surface area contributed by atoms with Crippen molar-refractivity contribution in [3.8, 4) is 0 Å². The zero-order valence-electron chi connectivity index (χ0n) is 19.5. The lowest BCUT2D eigenvalue weighted by atomic mass is 10.1. The Morgan fingerprint density at radius 2 is 1.75 bits per heavy atom. The summed E-state index contributed by atoms with van der Waals surface area (Å²) >= 11 is 0. The van der Waals surface area contributed by atoms with Crippen molar-refractivity contribution in [2.45, 2.75) is 46.7 Å². The van der Waals surface area contributed by atoms with Crippen LogP contribution in [0.15, 0.2) is 48.5 Å². The minimum Gasteiger partial charge on any atom is -0.354 e. The van der Waals surface area contributed by atoms with Crippen LogP contribution >= 0.6 is 0 Å². The van der Waals surface area contributed by atoms with Gasteiger partial charge < -0.3 is 10.2 Å². The number of amides is 2. The Hall–Kier alpha value is -2.87. The van der Waals surface area contributed by atoms with Crippen molar-refractivity contribution in [2.24, 2.45) is 0 Å². The van der Waals surface area contributed by atoms with Crippen molar-refractivity contribution in [3.63, 3.8) is 0 Å². The van der Waals surface area contributed by atoms with E-state index in [9.17, 15) is 18.0 Å². The number of nitrogens with one attached hydrogen (secondary N) is 1. The normalized spacial score (nSPS) is 12.2. The number of benzene rings is 2. The summed E-state index contributed by atoms with van der Waals surface area (Å²) in [5.41, 5.74) is 3.09. The molecule has 0 heterocycles. The van der Waals surface area contributed by atoms with Crippen molar-refractivity contribution in [3.05, 3.63) is 65.2 Å². The molecule has 0 aliphatic carbocycles. The molecule has 0 aliphatic rings. The van der Waals surface area contributed by atoms with Crippen molar-refractivity contribution in [2.75, 3.05) is 23.7 Å². The molecule has 174 valence electrons. The monoisotopic (exact) mass is 459 g/mol. The molecule has 7 nitrogen and oxygen atoms in total.